The van der Waals surface area contributed by atoms with Crippen molar-refractivity contribution in [1.29, 1.82) is 0 Å². The number of anilines is 1. The summed E-state index contributed by atoms with van der Waals surface area (Å²) in [5.74, 6) is -8.21. The SMILES string of the molecule is O=C1[C@H]2[C@H](CC=C3[C@H]2C[C@@]2(Cl)C(=O)N(CBr)C(=O)[C@@]2(Cl)[C@H]3c2cc(OC(F)(F)F)ccc2O)C(=O)N1c1ccccc1. The van der Waals surface area contributed by atoms with Crippen LogP contribution in [0.5, 0.6) is 11.5 Å². The summed E-state index contributed by atoms with van der Waals surface area (Å²) in [6.07, 6.45) is -3.72. The lowest BCUT2D eigenvalue weighted by molar-refractivity contribution is -0.274. The van der Waals surface area contributed by atoms with Crippen molar-refractivity contribution in [3.05, 3.63) is 65.7 Å². The number of hydrogen-bond donors (Lipinski definition) is 1. The summed E-state index contributed by atoms with van der Waals surface area (Å²) in [5.41, 5.74) is 0.143. The van der Waals surface area contributed by atoms with E-state index in [1.54, 1.807) is 36.4 Å². The molecule has 220 valence electrons. The third-order valence-electron chi connectivity index (χ3n) is 8.57. The zero-order chi connectivity index (χ0) is 30.4. The van der Waals surface area contributed by atoms with Gasteiger partial charge in [0, 0.05) is 11.5 Å². The van der Waals surface area contributed by atoms with Crippen molar-refractivity contribution in [2.24, 2.45) is 17.8 Å². The van der Waals surface area contributed by atoms with Gasteiger partial charge in [-0.05, 0) is 49.1 Å². The Bertz CT molecular complexity index is 1570. The Morgan fingerprint density at radius 1 is 1.00 bits per heavy atom. The van der Waals surface area contributed by atoms with E-state index in [4.69, 9.17) is 23.2 Å². The van der Waals surface area contributed by atoms with Crippen molar-refractivity contribution in [3.8, 4) is 11.5 Å². The largest absolute Gasteiger partial charge is 0.573 e. The Morgan fingerprint density at radius 2 is 1.69 bits per heavy atom. The number of carbonyl (C=O) groups excluding carboxylic acids is 4. The summed E-state index contributed by atoms with van der Waals surface area (Å²) in [4.78, 5) is 52.3. The molecule has 14 heteroatoms. The molecule has 0 bridgehead atoms. The molecular weight excluding hydrogens is 668 g/mol. The molecular formula is C28H20BrCl2F3N2O6. The van der Waals surface area contributed by atoms with Gasteiger partial charge >= 0.3 is 6.36 Å². The number of imide groups is 2. The van der Waals surface area contributed by atoms with E-state index in [0.717, 1.165) is 28.0 Å². The van der Waals surface area contributed by atoms with Gasteiger partial charge in [0.25, 0.3) is 11.8 Å². The fourth-order valence-electron chi connectivity index (χ4n) is 6.89. The zero-order valence-corrected chi connectivity index (χ0v) is 24.4. The van der Waals surface area contributed by atoms with Crippen LogP contribution in [0.4, 0.5) is 18.9 Å². The lowest BCUT2D eigenvalue weighted by atomic mass is 9.56. The number of hydrogen-bond acceptors (Lipinski definition) is 6. The monoisotopic (exact) mass is 686 g/mol. The average molecular weight is 688 g/mol. The number of fused-ring (bicyclic) bond motifs is 4. The standard InChI is InChI=1S/C28H20BrCl2F3N2O6/c29-12-35-24(40)26(30)11-18-15(7-8-16-20(18)23(39)36(22(16)38)13-4-2-1-3-5-13)21(27(26,31)25(35)41)17-10-14(6-9-19(17)37)42-28(32,33)34/h1-7,9-10,16,18,20-21,37H,8,11-12H2/t16-,18+,20-,21+,26+,27-/m0/s1. The van der Waals surface area contributed by atoms with Crippen LogP contribution in [-0.2, 0) is 19.2 Å². The first kappa shape index (κ1) is 29.0. The van der Waals surface area contributed by atoms with Gasteiger partial charge < -0.3 is 9.84 Å². The van der Waals surface area contributed by atoms with Crippen molar-refractivity contribution >= 4 is 68.4 Å². The van der Waals surface area contributed by atoms with Gasteiger partial charge in [0.2, 0.25) is 11.8 Å². The predicted octanol–water partition coefficient (Wildman–Crippen LogP) is 5.21. The number of carbonyl (C=O) groups is 4. The fraction of sp³-hybridized carbons (Fsp3) is 0.357. The van der Waals surface area contributed by atoms with E-state index >= 15 is 0 Å². The normalized spacial score (nSPS) is 32.5. The van der Waals surface area contributed by atoms with Gasteiger partial charge in [-0.1, -0.05) is 45.8 Å². The Kier molecular flexibility index (Phi) is 6.71. The van der Waals surface area contributed by atoms with Crippen LogP contribution in [0.15, 0.2) is 60.2 Å². The first-order chi connectivity index (χ1) is 19.7. The van der Waals surface area contributed by atoms with E-state index in [0.29, 0.717) is 11.3 Å². The summed E-state index contributed by atoms with van der Waals surface area (Å²) < 4.78 is 43.4. The number of halogens is 6. The maximum atomic E-state index is 13.9. The molecule has 3 fully saturated rings. The van der Waals surface area contributed by atoms with Crippen molar-refractivity contribution in [1.82, 2.24) is 4.90 Å². The number of benzene rings is 2. The number of rotatable bonds is 4. The lowest BCUT2D eigenvalue weighted by Gasteiger charge is -2.50. The maximum Gasteiger partial charge on any atom is 0.573 e. The van der Waals surface area contributed by atoms with Crippen LogP contribution in [-0.4, -0.2) is 55.2 Å². The molecule has 0 radical (unpaired) electrons. The highest BCUT2D eigenvalue weighted by molar-refractivity contribution is 9.09. The topological polar surface area (TPSA) is 104 Å². The van der Waals surface area contributed by atoms with Crippen LogP contribution in [0.3, 0.4) is 0 Å². The summed E-state index contributed by atoms with van der Waals surface area (Å²) in [6.45, 7) is 0. The number of amides is 4. The minimum Gasteiger partial charge on any atom is -0.508 e. The molecule has 1 N–H and O–H groups in total. The fourth-order valence-corrected chi connectivity index (χ4v) is 8.31. The molecule has 0 unspecified atom stereocenters. The Morgan fingerprint density at radius 3 is 2.33 bits per heavy atom. The van der Waals surface area contributed by atoms with Gasteiger partial charge in [0.1, 0.15) is 11.5 Å². The van der Waals surface area contributed by atoms with E-state index in [1.165, 1.54) is 0 Å². The number of allylic oxidation sites excluding steroid dienone is 2. The minimum absolute atomic E-state index is 0.0486. The number of phenols is 1. The number of likely N-dealkylation sites (tertiary alicyclic amines) is 1. The summed E-state index contributed by atoms with van der Waals surface area (Å²) in [6, 6.07) is 11.0. The highest BCUT2D eigenvalue weighted by atomic mass is 79.9. The second kappa shape index (κ2) is 9.72. The van der Waals surface area contributed by atoms with Crippen molar-refractivity contribution < 1.29 is 42.2 Å². The van der Waals surface area contributed by atoms with Gasteiger partial charge in [0.05, 0.1) is 23.0 Å². The molecule has 2 aliphatic carbocycles. The van der Waals surface area contributed by atoms with Crippen LogP contribution >= 0.6 is 39.1 Å². The molecule has 2 aromatic carbocycles. The van der Waals surface area contributed by atoms with Gasteiger partial charge in [0.15, 0.2) is 9.75 Å². The Labute approximate surface area is 255 Å². The quantitative estimate of drug-likeness (QED) is 0.205. The van der Waals surface area contributed by atoms with E-state index in [-0.39, 0.29) is 23.9 Å². The lowest BCUT2D eigenvalue weighted by Crippen LogP contribution is -2.60. The molecule has 4 aliphatic rings. The third-order valence-corrected chi connectivity index (χ3v) is 10.5. The van der Waals surface area contributed by atoms with E-state index in [9.17, 15) is 37.5 Å². The third kappa shape index (κ3) is 3.94. The van der Waals surface area contributed by atoms with Gasteiger partial charge in [-0.3, -0.25) is 29.0 Å². The number of ether oxygens (including phenoxy) is 1. The summed E-state index contributed by atoms with van der Waals surface area (Å²) in [7, 11) is 0. The molecule has 2 aromatic rings. The molecule has 0 spiro atoms. The first-order valence-corrected chi connectivity index (χ1v) is 14.6. The van der Waals surface area contributed by atoms with E-state index in [2.05, 4.69) is 20.7 Å². The van der Waals surface area contributed by atoms with Crippen molar-refractivity contribution in [3.63, 3.8) is 0 Å². The highest BCUT2D eigenvalue weighted by Crippen LogP contribution is 2.66. The molecule has 8 nitrogen and oxygen atoms in total. The van der Waals surface area contributed by atoms with Crippen LogP contribution in [0.25, 0.3) is 0 Å². The molecule has 2 saturated heterocycles. The average Bonchev–Trinajstić information content (AvgIpc) is 3.27. The molecule has 2 heterocycles. The molecule has 4 amide bonds. The number of para-hydroxylation sites is 1. The van der Waals surface area contributed by atoms with Crippen molar-refractivity contribution in [2.75, 3.05) is 10.4 Å². The van der Waals surface area contributed by atoms with Crippen LogP contribution in [0, 0.1) is 17.8 Å². The maximum absolute atomic E-state index is 13.9. The minimum atomic E-state index is -5.07. The molecule has 6 atom stereocenters. The van der Waals surface area contributed by atoms with Crippen LogP contribution < -0.4 is 9.64 Å². The summed E-state index contributed by atoms with van der Waals surface area (Å²) >= 11 is 17.2. The molecule has 0 aromatic heterocycles. The first-order valence-electron chi connectivity index (χ1n) is 12.8. The van der Waals surface area contributed by atoms with E-state index in [1.807, 2.05) is 0 Å². The molecule has 42 heavy (non-hydrogen) atoms. The van der Waals surface area contributed by atoms with Crippen molar-refractivity contribution in [2.45, 2.75) is 34.9 Å². The highest BCUT2D eigenvalue weighted by Gasteiger charge is 2.76. The zero-order valence-electron chi connectivity index (χ0n) is 21.3. The molecule has 6 rings (SSSR count). The second-order valence-electron chi connectivity index (χ2n) is 10.6. The van der Waals surface area contributed by atoms with Gasteiger partial charge in [-0.25, -0.2) is 0 Å². The predicted molar refractivity (Wildman–Crippen MR) is 147 cm³/mol. The van der Waals surface area contributed by atoms with Gasteiger partial charge in [-0.2, -0.15) is 0 Å². The molecule has 1 saturated carbocycles. The number of aromatic hydroxyl groups is 1. The van der Waals surface area contributed by atoms with E-state index < -0.39 is 74.9 Å². The smallest absolute Gasteiger partial charge is 0.508 e. The van der Waals surface area contributed by atoms with Crippen LogP contribution in [0.1, 0.15) is 24.3 Å². The number of phenolic OH excluding ortho intramolecular Hbond substituents is 1. The number of alkyl halides is 6. The molecule has 2 aliphatic heterocycles. The van der Waals surface area contributed by atoms with Gasteiger partial charge in [-0.15, -0.1) is 36.4 Å². The Balaban J connectivity index is 1.54. The number of nitrogens with zero attached hydrogens (tertiary/aromatic N) is 2. The Hall–Kier alpha value is -3.09. The van der Waals surface area contributed by atoms with Crippen LogP contribution in [0.2, 0.25) is 0 Å². The summed E-state index contributed by atoms with van der Waals surface area (Å²) in [5, 5.41) is 10.9. The second-order valence-corrected chi connectivity index (χ2v) is 12.3.